The van der Waals surface area contributed by atoms with Crippen molar-refractivity contribution in [3.8, 4) is 16.9 Å². The van der Waals surface area contributed by atoms with Crippen LogP contribution in [0.4, 0.5) is 4.79 Å². The van der Waals surface area contributed by atoms with Gasteiger partial charge in [-0.3, -0.25) is 10.1 Å². The molecule has 25 heavy (non-hydrogen) atoms. The SMILES string of the molecule is NC(=O)NC(=O)C=Cc1cn(-c2ccccc2)nc1-c1ccccc1. The summed E-state index contributed by atoms with van der Waals surface area (Å²) in [7, 11) is 0. The van der Waals surface area contributed by atoms with Gasteiger partial charge in [-0.25, -0.2) is 9.48 Å². The van der Waals surface area contributed by atoms with Crippen LogP contribution in [0.2, 0.25) is 0 Å². The number of aromatic nitrogens is 2. The molecule has 0 saturated heterocycles. The molecule has 0 saturated carbocycles. The summed E-state index contributed by atoms with van der Waals surface area (Å²) in [4.78, 5) is 22.4. The molecule has 0 unspecified atom stereocenters. The van der Waals surface area contributed by atoms with E-state index in [-0.39, 0.29) is 0 Å². The molecule has 0 bridgehead atoms. The van der Waals surface area contributed by atoms with E-state index in [0.717, 1.165) is 22.5 Å². The van der Waals surface area contributed by atoms with Gasteiger partial charge >= 0.3 is 6.03 Å². The number of nitrogens with two attached hydrogens (primary N) is 1. The van der Waals surface area contributed by atoms with Crippen molar-refractivity contribution in [3.05, 3.63) is 78.5 Å². The fourth-order valence-electron chi connectivity index (χ4n) is 2.37. The van der Waals surface area contributed by atoms with Gasteiger partial charge in [-0.1, -0.05) is 48.5 Å². The van der Waals surface area contributed by atoms with Crippen LogP contribution in [0.5, 0.6) is 0 Å². The average molecular weight is 332 g/mol. The summed E-state index contributed by atoms with van der Waals surface area (Å²) < 4.78 is 1.74. The van der Waals surface area contributed by atoms with Crippen molar-refractivity contribution in [2.45, 2.75) is 0 Å². The van der Waals surface area contributed by atoms with Crippen LogP contribution in [-0.4, -0.2) is 21.7 Å². The Hall–Kier alpha value is -3.67. The van der Waals surface area contributed by atoms with Crippen molar-refractivity contribution in [3.63, 3.8) is 0 Å². The lowest BCUT2D eigenvalue weighted by Crippen LogP contribution is -2.33. The number of para-hydroxylation sites is 1. The highest BCUT2D eigenvalue weighted by atomic mass is 16.2. The van der Waals surface area contributed by atoms with Gasteiger partial charge in [-0.15, -0.1) is 0 Å². The first-order valence-corrected chi connectivity index (χ1v) is 7.62. The lowest BCUT2D eigenvalue weighted by molar-refractivity contribution is -0.115. The highest BCUT2D eigenvalue weighted by molar-refractivity contribution is 6.02. The molecule has 2 aromatic carbocycles. The average Bonchev–Trinajstić information content (AvgIpc) is 3.05. The second kappa shape index (κ2) is 7.27. The molecule has 0 spiro atoms. The summed E-state index contributed by atoms with van der Waals surface area (Å²) in [5.41, 5.74) is 8.24. The van der Waals surface area contributed by atoms with E-state index in [9.17, 15) is 9.59 Å². The van der Waals surface area contributed by atoms with Gasteiger partial charge in [0.2, 0.25) is 0 Å². The van der Waals surface area contributed by atoms with Crippen molar-refractivity contribution < 1.29 is 9.59 Å². The van der Waals surface area contributed by atoms with Gasteiger partial charge in [0.25, 0.3) is 5.91 Å². The van der Waals surface area contributed by atoms with E-state index in [0.29, 0.717) is 0 Å². The minimum Gasteiger partial charge on any atom is -0.351 e. The molecule has 3 N–H and O–H groups in total. The van der Waals surface area contributed by atoms with Gasteiger partial charge in [0, 0.05) is 23.4 Å². The predicted octanol–water partition coefficient (Wildman–Crippen LogP) is 2.75. The van der Waals surface area contributed by atoms with Crippen LogP contribution in [-0.2, 0) is 4.79 Å². The Bertz CT molecular complexity index is 915. The summed E-state index contributed by atoms with van der Waals surface area (Å²) in [6.07, 6.45) is 4.68. The number of rotatable bonds is 4. The molecule has 0 aliphatic rings. The largest absolute Gasteiger partial charge is 0.351 e. The van der Waals surface area contributed by atoms with Gasteiger partial charge in [-0.2, -0.15) is 5.10 Å². The van der Waals surface area contributed by atoms with Crippen LogP contribution in [0.3, 0.4) is 0 Å². The molecule has 3 rings (SSSR count). The number of carbonyl (C=O) groups is 2. The van der Waals surface area contributed by atoms with Crippen molar-refractivity contribution >= 4 is 18.0 Å². The normalized spacial score (nSPS) is 10.7. The molecule has 0 fully saturated rings. The highest BCUT2D eigenvalue weighted by Crippen LogP contribution is 2.24. The first-order valence-electron chi connectivity index (χ1n) is 7.62. The minimum absolute atomic E-state index is 0.584. The molecule has 6 heteroatoms. The van der Waals surface area contributed by atoms with E-state index >= 15 is 0 Å². The van der Waals surface area contributed by atoms with Gasteiger partial charge < -0.3 is 5.73 Å². The standard InChI is InChI=1S/C19H16N4O2/c20-19(25)21-17(24)12-11-15-13-23(16-9-5-2-6-10-16)22-18(15)14-7-3-1-4-8-14/h1-13H,(H3,20,21,24,25). The molecule has 3 amide bonds. The van der Waals surface area contributed by atoms with Crippen molar-refractivity contribution in [2.24, 2.45) is 5.73 Å². The maximum Gasteiger partial charge on any atom is 0.319 e. The zero-order chi connectivity index (χ0) is 17.6. The Morgan fingerprint density at radius 1 is 1.00 bits per heavy atom. The first kappa shape index (κ1) is 16.2. The van der Waals surface area contributed by atoms with Crippen molar-refractivity contribution in [1.29, 1.82) is 0 Å². The highest BCUT2D eigenvalue weighted by Gasteiger charge is 2.10. The molecule has 1 heterocycles. The van der Waals surface area contributed by atoms with Crippen LogP contribution >= 0.6 is 0 Å². The fourth-order valence-corrected chi connectivity index (χ4v) is 2.37. The van der Waals surface area contributed by atoms with Crippen LogP contribution in [0.15, 0.2) is 72.9 Å². The number of nitrogens with one attached hydrogen (secondary N) is 1. The van der Waals surface area contributed by atoms with Crippen LogP contribution in [0.1, 0.15) is 5.56 Å². The lowest BCUT2D eigenvalue weighted by Gasteiger charge is -2.00. The molecule has 0 atom stereocenters. The molecule has 124 valence electrons. The zero-order valence-electron chi connectivity index (χ0n) is 13.3. The summed E-state index contributed by atoms with van der Waals surface area (Å²) >= 11 is 0. The Kier molecular flexibility index (Phi) is 4.71. The summed E-state index contributed by atoms with van der Waals surface area (Å²) in [5.74, 6) is -0.584. The molecular weight excluding hydrogens is 316 g/mol. The van der Waals surface area contributed by atoms with Gasteiger partial charge in [0.15, 0.2) is 0 Å². The number of primary amides is 1. The second-order valence-corrected chi connectivity index (χ2v) is 5.27. The summed E-state index contributed by atoms with van der Waals surface area (Å²) in [5, 5.41) is 6.63. The third-order valence-electron chi connectivity index (χ3n) is 3.47. The van der Waals surface area contributed by atoms with Gasteiger partial charge in [-0.05, 0) is 18.2 Å². The fraction of sp³-hybridized carbons (Fsp3) is 0. The van der Waals surface area contributed by atoms with Crippen LogP contribution < -0.4 is 11.1 Å². The number of urea groups is 1. The zero-order valence-corrected chi connectivity index (χ0v) is 13.3. The summed E-state index contributed by atoms with van der Waals surface area (Å²) in [6, 6.07) is 18.4. The molecule has 0 aliphatic heterocycles. The Morgan fingerprint density at radius 3 is 2.28 bits per heavy atom. The number of imide groups is 1. The number of benzene rings is 2. The van der Waals surface area contributed by atoms with E-state index in [1.165, 1.54) is 6.08 Å². The second-order valence-electron chi connectivity index (χ2n) is 5.27. The first-order chi connectivity index (χ1) is 12.1. The Morgan fingerprint density at radius 2 is 1.64 bits per heavy atom. The number of carbonyl (C=O) groups excluding carboxylic acids is 2. The maximum absolute atomic E-state index is 11.6. The Balaban J connectivity index is 2.00. The number of hydrogen-bond donors (Lipinski definition) is 2. The molecule has 6 nitrogen and oxygen atoms in total. The molecule has 0 radical (unpaired) electrons. The quantitative estimate of drug-likeness (QED) is 0.720. The maximum atomic E-state index is 11.6. The number of amides is 3. The molecule has 0 aliphatic carbocycles. The van der Waals surface area contributed by atoms with Gasteiger partial charge in [0.05, 0.1) is 11.4 Å². The number of nitrogens with zero attached hydrogens (tertiary/aromatic N) is 2. The minimum atomic E-state index is -0.891. The van der Waals surface area contributed by atoms with Crippen LogP contribution in [0, 0.1) is 0 Å². The molecule has 1 aromatic heterocycles. The lowest BCUT2D eigenvalue weighted by atomic mass is 10.1. The molecular formula is C19H16N4O2. The van der Waals surface area contributed by atoms with E-state index in [4.69, 9.17) is 5.73 Å². The van der Waals surface area contributed by atoms with E-state index in [1.54, 1.807) is 10.8 Å². The molecule has 3 aromatic rings. The van der Waals surface area contributed by atoms with Crippen molar-refractivity contribution in [2.75, 3.05) is 0 Å². The third kappa shape index (κ3) is 4.00. The van der Waals surface area contributed by atoms with E-state index in [2.05, 4.69) is 5.10 Å². The van der Waals surface area contributed by atoms with E-state index in [1.807, 2.05) is 72.2 Å². The van der Waals surface area contributed by atoms with Crippen molar-refractivity contribution in [1.82, 2.24) is 15.1 Å². The topological polar surface area (TPSA) is 90.0 Å². The monoisotopic (exact) mass is 332 g/mol. The van der Waals surface area contributed by atoms with Gasteiger partial charge in [0.1, 0.15) is 0 Å². The Labute approximate surface area is 144 Å². The van der Waals surface area contributed by atoms with Crippen LogP contribution in [0.25, 0.3) is 23.0 Å². The van der Waals surface area contributed by atoms with E-state index < -0.39 is 11.9 Å². The smallest absolute Gasteiger partial charge is 0.319 e. The predicted molar refractivity (Wildman–Crippen MR) is 95.8 cm³/mol. The summed E-state index contributed by atoms with van der Waals surface area (Å²) in [6.45, 7) is 0. The number of hydrogen-bond acceptors (Lipinski definition) is 3. The third-order valence-corrected chi connectivity index (χ3v) is 3.47.